The second-order valence-electron chi connectivity index (χ2n) is 7.17. The Labute approximate surface area is 168 Å². The minimum absolute atomic E-state index is 0.196. The van der Waals surface area contributed by atoms with Crippen LogP contribution in [0.25, 0.3) is 10.6 Å². The molecule has 1 N–H and O–H groups in total. The first-order chi connectivity index (χ1) is 13.6. The molecule has 8 heteroatoms. The molecule has 0 bridgehead atoms. The van der Waals surface area contributed by atoms with Gasteiger partial charge in [0.25, 0.3) is 5.91 Å². The lowest BCUT2D eigenvalue weighted by Gasteiger charge is -2.32. The number of rotatable bonds is 5. The number of likely N-dealkylation sites (N-methyl/N-ethyl adjacent to an activating group) is 1. The van der Waals surface area contributed by atoms with Gasteiger partial charge in [-0.2, -0.15) is 5.10 Å². The van der Waals surface area contributed by atoms with E-state index in [1.165, 1.54) is 16.9 Å². The van der Waals surface area contributed by atoms with Crippen molar-refractivity contribution < 1.29 is 4.79 Å². The van der Waals surface area contributed by atoms with Gasteiger partial charge in [-0.3, -0.25) is 14.4 Å². The molecule has 0 saturated carbocycles. The monoisotopic (exact) mass is 396 g/mol. The van der Waals surface area contributed by atoms with Crippen molar-refractivity contribution in [2.75, 3.05) is 38.5 Å². The number of benzene rings is 1. The van der Waals surface area contributed by atoms with E-state index in [1.54, 1.807) is 16.3 Å². The molecule has 1 aliphatic rings. The summed E-state index contributed by atoms with van der Waals surface area (Å²) in [6.07, 6.45) is 3.64. The molecule has 3 heterocycles. The second kappa shape index (κ2) is 8.22. The molecular weight excluding hydrogens is 372 g/mol. The van der Waals surface area contributed by atoms with Gasteiger partial charge in [-0.25, -0.2) is 4.98 Å². The summed E-state index contributed by atoms with van der Waals surface area (Å²) >= 11 is 1.44. The molecule has 1 amide bonds. The Morgan fingerprint density at radius 1 is 1.14 bits per heavy atom. The molecule has 146 valence electrons. The lowest BCUT2D eigenvalue weighted by atomic mass is 10.1. The molecule has 1 aromatic carbocycles. The van der Waals surface area contributed by atoms with Crippen molar-refractivity contribution in [3.8, 4) is 10.6 Å². The van der Waals surface area contributed by atoms with Crippen LogP contribution in [0.5, 0.6) is 0 Å². The molecule has 1 fully saturated rings. The summed E-state index contributed by atoms with van der Waals surface area (Å²) in [6.45, 7) is 5.37. The number of carbonyl (C=O) groups is 1. The fraction of sp³-hybridized carbons (Fsp3) is 0.350. The van der Waals surface area contributed by atoms with Gasteiger partial charge in [-0.1, -0.05) is 12.1 Å². The fourth-order valence-corrected chi connectivity index (χ4v) is 3.97. The third-order valence-electron chi connectivity index (χ3n) is 4.90. The van der Waals surface area contributed by atoms with E-state index in [2.05, 4.69) is 44.4 Å². The molecule has 0 unspecified atom stereocenters. The number of aromatic nitrogens is 3. The molecule has 0 radical (unpaired) electrons. The van der Waals surface area contributed by atoms with Gasteiger partial charge in [0, 0.05) is 62.6 Å². The highest BCUT2D eigenvalue weighted by Crippen LogP contribution is 2.23. The first-order valence-electron chi connectivity index (χ1n) is 9.32. The molecule has 2 aromatic heterocycles. The summed E-state index contributed by atoms with van der Waals surface area (Å²) in [4.78, 5) is 21.7. The highest BCUT2D eigenvalue weighted by Gasteiger charge is 2.15. The smallest absolute Gasteiger partial charge is 0.275 e. The van der Waals surface area contributed by atoms with Crippen molar-refractivity contribution >= 4 is 22.9 Å². The van der Waals surface area contributed by atoms with E-state index < -0.39 is 0 Å². The third-order valence-corrected chi connectivity index (χ3v) is 5.79. The number of anilines is 1. The van der Waals surface area contributed by atoms with E-state index in [-0.39, 0.29) is 5.91 Å². The molecule has 0 atom stereocenters. The van der Waals surface area contributed by atoms with Gasteiger partial charge in [-0.05, 0) is 24.7 Å². The first kappa shape index (κ1) is 18.8. The zero-order valence-corrected chi connectivity index (χ0v) is 16.9. The van der Waals surface area contributed by atoms with Gasteiger partial charge in [0.1, 0.15) is 10.7 Å². The summed E-state index contributed by atoms with van der Waals surface area (Å²) in [5, 5.41) is 9.64. The van der Waals surface area contributed by atoms with Crippen molar-refractivity contribution in [2.45, 2.75) is 6.54 Å². The molecule has 0 spiro atoms. The van der Waals surface area contributed by atoms with E-state index in [1.807, 2.05) is 25.4 Å². The van der Waals surface area contributed by atoms with Crippen molar-refractivity contribution in [1.82, 2.24) is 24.6 Å². The van der Waals surface area contributed by atoms with Gasteiger partial charge < -0.3 is 10.2 Å². The van der Waals surface area contributed by atoms with Crippen LogP contribution in [-0.4, -0.2) is 63.7 Å². The highest BCUT2D eigenvalue weighted by molar-refractivity contribution is 7.13. The Morgan fingerprint density at radius 2 is 1.89 bits per heavy atom. The Balaban J connectivity index is 1.35. The van der Waals surface area contributed by atoms with Crippen LogP contribution in [0, 0.1) is 0 Å². The molecule has 0 aliphatic carbocycles. The van der Waals surface area contributed by atoms with E-state index in [0.717, 1.165) is 49.0 Å². The summed E-state index contributed by atoms with van der Waals surface area (Å²) < 4.78 is 1.72. The lowest BCUT2D eigenvalue weighted by Crippen LogP contribution is -2.43. The van der Waals surface area contributed by atoms with E-state index in [4.69, 9.17) is 0 Å². The molecule has 7 nitrogen and oxygen atoms in total. The minimum Gasteiger partial charge on any atom is -0.321 e. The molecule has 28 heavy (non-hydrogen) atoms. The Hall–Kier alpha value is -2.55. The number of carbonyl (C=O) groups excluding carboxylic acids is 1. The average Bonchev–Trinajstić information content (AvgIpc) is 3.34. The van der Waals surface area contributed by atoms with Crippen molar-refractivity contribution in [1.29, 1.82) is 0 Å². The standard InChI is InChI=1S/C20H24N6OS/c1-24-7-9-26(10-8-24)12-15-3-5-17(6-4-15)22-19(27)18-14-28-20(23-18)16-11-21-25(2)13-16/h3-6,11,13-14H,7-10,12H2,1-2H3,(H,22,27). The summed E-state index contributed by atoms with van der Waals surface area (Å²) in [5.74, 6) is -0.196. The van der Waals surface area contributed by atoms with Gasteiger partial charge in [0.15, 0.2) is 0 Å². The van der Waals surface area contributed by atoms with Gasteiger partial charge in [0.05, 0.1) is 6.20 Å². The zero-order chi connectivity index (χ0) is 19.5. The Morgan fingerprint density at radius 3 is 2.57 bits per heavy atom. The predicted octanol–water partition coefficient (Wildman–Crippen LogP) is 2.54. The van der Waals surface area contributed by atoms with Gasteiger partial charge in [-0.15, -0.1) is 11.3 Å². The maximum Gasteiger partial charge on any atom is 0.275 e. The zero-order valence-electron chi connectivity index (χ0n) is 16.1. The number of nitrogens with zero attached hydrogens (tertiary/aromatic N) is 5. The van der Waals surface area contributed by atoms with Crippen LogP contribution in [0.4, 0.5) is 5.69 Å². The fourth-order valence-electron chi connectivity index (χ4n) is 3.20. The molecular formula is C20H24N6OS. The van der Waals surface area contributed by atoms with Crippen LogP contribution in [-0.2, 0) is 13.6 Å². The maximum absolute atomic E-state index is 12.5. The summed E-state index contributed by atoms with van der Waals surface area (Å²) in [5.41, 5.74) is 3.38. The largest absolute Gasteiger partial charge is 0.321 e. The van der Waals surface area contributed by atoms with Crippen molar-refractivity contribution in [3.63, 3.8) is 0 Å². The Kier molecular flexibility index (Phi) is 5.52. The van der Waals surface area contributed by atoms with Crippen LogP contribution >= 0.6 is 11.3 Å². The number of hydrogen-bond acceptors (Lipinski definition) is 6. The van der Waals surface area contributed by atoms with Crippen LogP contribution in [0.2, 0.25) is 0 Å². The summed E-state index contributed by atoms with van der Waals surface area (Å²) in [7, 11) is 4.02. The first-order valence-corrected chi connectivity index (χ1v) is 10.2. The minimum atomic E-state index is -0.196. The maximum atomic E-state index is 12.5. The Bertz CT molecular complexity index is 940. The number of aryl methyl sites for hydroxylation is 1. The van der Waals surface area contributed by atoms with Gasteiger partial charge in [0.2, 0.25) is 0 Å². The molecule has 1 saturated heterocycles. The SMILES string of the molecule is CN1CCN(Cc2ccc(NC(=O)c3csc(-c4cnn(C)c4)n3)cc2)CC1. The normalized spacial score (nSPS) is 15.6. The van der Waals surface area contributed by atoms with Crippen LogP contribution < -0.4 is 5.32 Å². The molecule has 1 aliphatic heterocycles. The molecule has 3 aromatic rings. The van der Waals surface area contributed by atoms with Crippen LogP contribution in [0.1, 0.15) is 16.1 Å². The predicted molar refractivity (Wildman–Crippen MR) is 111 cm³/mol. The lowest BCUT2D eigenvalue weighted by molar-refractivity contribution is 0.102. The summed E-state index contributed by atoms with van der Waals surface area (Å²) in [6, 6.07) is 8.07. The quantitative estimate of drug-likeness (QED) is 0.718. The average molecular weight is 397 g/mol. The molecule has 4 rings (SSSR count). The van der Waals surface area contributed by atoms with E-state index in [9.17, 15) is 4.79 Å². The number of thiazole rings is 1. The second-order valence-corrected chi connectivity index (χ2v) is 8.03. The topological polar surface area (TPSA) is 66.3 Å². The number of nitrogens with one attached hydrogen (secondary N) is 1. The van der Waals surface area contributed by atoms with Crippen LogP contribution in [0.15, 0.2) is 42.0 Å². The van der Waals surface area contributed by atoms with Crippen molar-refractivity contribution in [3.05, 3.63) is 53.3 Å². The number of amides is 1. The number of piperazine rings is 1. The third kappa shape index (κ3) is 4.46. The van der Waals surface area contributed by atoms with Crippen molar-refractivity contribution in [2.24, 2.45) is 7.05 Å². The van der Waals surface area contributed by atoms with Crippen LogP contribution in [0.3, 0.4) is 0 Å². The van der Waals surface area contributed by atoms with E-state index in [0.29, 0.717) is 5.69 Å². The van der Waals surface area contributed by atoms with Gasteiger partial charge >= 0.3 is 0 Å². The highest BCUT2D eigenvalue weighted by atomic mass is 32.1. The number of hydrogen-bond donors (Lipinski definition) is 1. The van der Waals surface area contributed by atoms with E-state index >= 15 is 0 Å².